The standard InChI is InChI=1S/C14H19N3S/c1-9(2)15-8-13-16-17-14(18-13)12-7-10(3)5-6-11(12)4/h5-7,9,15H,8H2,1-4H3. The lowest BCUT2D eigenvalue weighted by Gasteiger charge is -2.04. The molecular weight excluding hydrogens is 242 g/mol. The lowest BCUT2D eigenvalue weighted by atomic mass is 10.1. The van der Waals surface area contributed by atoms with Gasteiger partial charge in [0.2, 0.25) is 0 Å². The van der Waals surface area contributed by atoms with Crippen LogP contribution >= 0.6 is 11.3 Å². The molecule has 0 aliphatic rings. The Morgan fingerprint density at radius 3 is 2.72 bits per heavy atom. The molecule has 0 fully saturated rings. The van der Waals surface area contributed by atoms with Gasteiger partial charge in [0.05, 0.1) is 0 Å². The number of aryl methyl sites for hydroxylation is 2. The number of hydrogen-bond donors (Lipinski definition) is 1. The molecule has 18 heavy (non-hydrogen) atoms. The van der Waals surface area contributed by atoms with Crippen molar-refractivity contribution in [1.82, 2.24) is 15.5 Å². The van der Waals surface area contributed by atoms with E-state index in [0.29, 0.717) is 6.04 Å². The first-order valence-electron chi connectivity index (χ1n) is 6.19. The SMILES string of the molecule is Cc1ccc(C)c(-c2nnc(CNC(C)C)s2)c1. The van der Waals surface area contributed by atoms with Crippen molar-refractivity contribution in [1.29, 1.82) is 0 Å². The molecule has 0 aliphatic heterocycles. The maximum atomic E-state index is 4.29. The topological polar surface area (TPSA) is 37.8 Å². The summed E-state index contributed by atoms with van der Waals surface area (Å²) in [6, 6.07) is 6.91. The van der Waals surface area contributed by atoms with Crippen LogP contribution in [0.25, 0.3) is 10.6 Å². The zero-order valence-corrected chi connectivity index (χ0v) is 12.1. The van der Waals surface area contributed by atoms with Crippen LogP contribution in [0.5, 0.6) is 0 Å². The largest absolute Gasteiger partial charge is 0.308 e. The highest BCUT2D eigenvalue weighted by Gasteiger charge is 2.09. The highest BCUT2D eigenvalue weighted by Crippen LogP contribution is 2.27. The summed E-state index contributed by atoms with van der Waals surface area (Å²) in [5.74, 6) is 0. The van der Waals surface area contributed by atoms with Crippen molar-refractivity contribution < 1.29 is 0 Å². The van der Waals surface area contributed by atoms with E-state index in [-0.39, 0.29) is 0 Å². The zero-order valence-electron chi connectivity index (χ0n) is 11.3. The Kier molecular flexibility index (Phi) is 4.09. The lowest BCUT2D eigenvalue weighted by Crippen LogP contribution is -2.21. The molecule has 0 atom stereocenters. The number of hydrogen-bond acceptors (Lipinski definition) is 4. The van der Waals surface area contributed by atoms with Crippen LogP contribution in [0.2, 0.25) is 0 Å². The van der Waals surface area contributed by atoms with Gasteiger partial charge in [-0.05, 0) is 25.5 Å². The Balaban J connectivity index is 2.21. The molecule has 1 heterocycles. The minimum Gasteiger partial charge on any atom is -0.308 e. The maximum Gasteiger partial charge on any atom is 0.148 e. The smallest absolute Gasteiger partial charge is 0.148 e. The molecule has 0 unspecified atom stereocenters. The first-order chi connectivity index (χ1) is 8.56. The molecule has 4 heteroatoms. The van der Waals surface area contributed by atoms with Crippen molar-refractivity contribution in [2.45, 2.75) is 40.3 Å². The Labute approximate surface area is 112 Å². The molecule has 1 N–H and O–H groups in total. The van der Waals surface area contributed by atoms with E-state index in [4.69, 9.17) is 0 Å². The van der Waals surface area contributed by atoms with E-state index in [1.165, 1.54) is 16.7 Å². The third kappa shape index (κ3) is 3.15. The molecule has 0 saturated heterocycles. The Morgan fingerprint density at radius 2 is 2.00 bits per heavy atom. The normalized spacial score (nSPS) is 11.2. The summed E-state index contributed by atoms with van der Waals surface area (Å²) >= 11 is 1.67. The molecule has 0 aliphatic carbocycles. The van der Waals surface area contributed by atoms with Gasteiger partial charge in [-0.3, -0.25) is 0 Å². The third-order valence-corrected chi connectivity index (χ3v) is 3.71. The van der Waals surface area contributed by atoms with Crippen molar-refractivity contribution >= 4 is 11.3 Å². The number of rotatable bonds is 4. The van der Waals surface area contributed by atoms with Crippen LogP contribution in [0.3, 0.4) is 0 Å². The van der Waals surface area contributed by atoms with Crippen molar-refractivity contribution in [2.75, 3.05) is 0 Å². The van der Waals surface area contributed by atoms with E-state index in [0.717, 1.165) is 16.6 Å². The average Bonchev–Trinajstić information content (AvgIpc) is 2.78. The highest BCUT2D eigenvalue weighted by molar-refractivity contribution is 7.14. The molecule has 0 saturated carbocycles. The van der Waals surface area contributed by atoms with Crippen molar-refractivity contribution in [2.24, 2.45) is 0 Å². The molecule has 1 aromatic heterocycles. The maximum absolute atomic E-state index is 4.29. The zero-order chi connectivity index (χ0) is 13.1. The second-order valence-electron chi connectivity index (χ2n) is 4.85. The van der Waals surface area contributed by atoms with E-state index >= 15 is 0 Å². The van der Waals surface area contributed by atoms with Gasteiger partial charge in [-0.25, -0.2) is 0 Å². The first-order valence-corrected chi connectivity index (χ1v) is 7.01. The monoisotopic (exact) mass is 261 g/mol. The summed E-state index contributed by atoms with van der Waals surface area (Å²) in [4.78, 5) is 0. The number of nitrogens with one attached hydrogen (secondary N) is 1. The third-order valence-electron chi connectivity index (χ3n) is 2.75. The Hall–Kier alpha value is -1.26. The molecule has 1 aromatic carbocycles. The minimum absolute atomic E-state index is 0.470. The lowest BCUT2D eigenvalue weighted by molar-refractivity contribution is 0.585. The summed E-state index contributed by atoms with van der Waals surface area (Å²) in [5.41, 5.74) is 3.70. The summed E-state index contributed by atoms with van der Waals surface area (Å²) in [6.07, 6.45) is 0. The van der Waals surface area contributed by atoms with Gasteiger partial charge in [-0.15, -0.1) is 10.2 Å². The van der Waals surface area contributed by atoms with Gasteiger partial charge in [-0.1, -0.05) is 42.9 Å². The molecular formula is C14H19N3S. The Morgan fingerprint density at radius 1 is 1.22 bits per heavy atom. The molecule has 96 valence electrons. The fraction of sp³-hybridized carbons (Fsp3) is 0.429. The van der Waals surface area contributed by atoms with Gasteiger partial charge in [-0.2, -0.15) is 0 Å². The summed E-state index contributed by atoms with van der Waals surface area (Å²) in [6.45, 7) is 9.27. The average molecular weight is 261 g/mol. The van der Waals surface area contributed by atoms with Crippen LogP contribution in [0.1, 0.15) is 30.0 Å². The predicted molar refractivity (Wildman–Crippen MR) is 76.8 cm³/mol. The van der Waals surface area contributed by atoms with Crippen LogP contribution in [0.15, 0.2) is 18.2 Å². The van der Waals surface area contributed by atoms with Crippen molar-refractivity contribution in [3.05, 3.63) is 34.3 Å². The van der Waals surface area contributed by atoms with Crippen LogP contribution in [-0.2, 0) is 6.54 Å². The molecule has 0 radical (unpaired) electrons. The van der Waals surface area contributed by atoms with E-state index in [9.17, 15) is 0 Å². The van der Waals surface area contributed by atoms with Crippen LogP contribution in [-0.4, -0.2) is 16.2 Å². The fourth-order valence-corrected chi connectivity index (χ4v) is 2.56. The van der Waals surface area contributed by atoms with Crippen molar-refractivity contribution in [3.8, 4) is 10.6 Å². The van der Waals surface area contributed by atoms with Gasteiger partial charge >= 0.3 is 0 Å². The van der Waals surface area contributed by atoms with Crippen LogP contribution in [0, 0.1) is 13.8 Å². The van der Waals surface area contributed by atoms with Gasteiger partial charge in [0.15, 0.2) is 0 Å². The number of benzene rings is 1. The number of aromatic nitrogens is 2. The van der Waals surface area contributed by atoms with Gasteiger partial charge < -0.3 is 5.32 Å². The first kappa shape index (κ1) is 13.2. The van der Waals surface area contributed by atoms with Gasteiger partial charge in [0.1, 0.15) is 10.0 Å². The Bertz CT molecular complexity index is 532. The summed E-state index contributed by atoms with van der Waals surface area (Å²) < 4.78 is 0. The molecule has 3 nitrogen and oxygen atoms in total. The van der Waals surface area contributed by atoms with Gasteiger partial charge in [0.25, 0.3) is 0 Å². The number of nitrogens with zero attached hydrogens (tertiary/aromatic N) is 2. The second kappa shape index (κ2) is 5.59. The van der Waals surface area contributed by atoms with E-state index in [1.54, 1.807) is 11.3 Å². The van der Waals surface area contributed by atoms with Crippen molar-refractivity contribution in [3.63, 3.8) is 0 Å². The molecule has 0 bridgehead atoms. The van der Waals surface area contributed by atoms with Crippen LogP contribution in [0.4, 0.5) is 0 Å². The molecule has 0 spiro atoms. The quantitative estimate of drug-likeness (QED) is 0.917. The second-order valence-corrected chi connectivity index (χ2v) is 5.92. The van der Waals surface area contributed by atoms with E-state index in [2.05, 4.69) is 61.4 Å². The predicted octanol–water partition coefficient (Wildman–Crippen LogP) is 3.32. The molecule has 2 aromatic rings. The fourth-order valence-electron chi connectivity index (χ4n) is 1.69. The highest BCUT2D eigenvalue weighted by atomic mass is 32.1. The summed E-state index contributed by atoms with van der Waals surface area (Å²) in [7, 11) is 0. The van der Waals surface area contributed by atoms with E-state index < -0.39 is 0 Å². The van der Waals surface area contributed by atoms with Crippen LogP contribution < -0.4 is 5.32 Å². The minimum atomic E-state index is 0.470. The molecule has 2 rings (SSSR count). The van der Waals surface area contributed by atoms with Gasteiger partial charge in [0, 0.05) is 18.2 Å². The molecule has 0 amide bonds. The van der Waals surface area contributed by atoms with E-state index in [1.807, 2.05) is 0 Å². The summed E-state index contributed by atoms with van der Waals surface area (Å²) in [5, 5.41) is 13.9.